The van der Waals surface area contributed by atoms with E-state index in [0.29, 0.717) is 31.2 Å². The van der Waals surface area contributed by atoms with Gasteiger partial charge in [-0.05, 0) is 25.5 Å². The summed E-state index contributed by atoms with van der Waals surface area (Å²) in [5.74, 6) is 0.548. The van der Waals surface area contributed by atoms with E-state index in [2.05, 4.69) is 28.0 Å². The fourth-order valence-corrected chi connectivity index (χ4v) is 3.03. The Balaban J connectivity index is 1.60. The van der Waals surface area contributed by atoms with E-state index in [-0.39, 0.29) is 5.91 Å². The van der Waals surface area contributed by atoms with Crippen LogP contribution in [0.2, 0.25) is 0 Å². The van der Waals surface area contributed by atoms with Crippen LogP contribution in [0.4, 0.5) is 0 Å². The SMILES string of the molecule is COCc1c(C(=O)N2CCN(Cc3ncccc3C)CC2)noc1C. The molecule has 3 heterocycles. The van der Waals surface area contributed by atoms with Gasteiger partial charge in [0, 0.05) is 46.0 Å². The van der Waals surface area contributed by atoms with Gasteiger partial charge in [-0.15, -0.1) is 0 Å². The van der Waals surface area contributed by atoms with E-state index in [1.54, 1.807) is 14.0 Å². The van der Waals surface area contributed by atoms with E-state index < -0.39 is 0 Å². The summed E-state index contributed by atoms with van der Waals surface area (Å²) in [4.78, 5) is 21.3. The molecule has 0 saturated carbocycles. The zero-order valence-electron chi connectivity index (χ0n) is 15.0. The van der Waals surface area contributed by atoms with Crippen LogP contribution >= 0.6 is 0 Å². The van der Waals surface area contributed by atoms with Crippen LogP contribution in [0.5, 0.6) is 0 Å². The third-order valence-corrected chi connectivity index (χ3v) is 4.63. The predicted octanol–water partition coefficient (Wildman–Crippen LogP) is 1.79. The second-order valence-electron chi connectivity index (χ2n) is 6.33. The number of carbonyl (C=O) groups is 1. The summed E-state index contributed by atoms with van der Waals surface area (Å²) in [5, 5.41) is 3.94. The van der Waals surface area contributed by atoms with Crippen molar-refractivity contribution in [3.8, 4) is 0 Å². The molecule has 1 aliphatic heterocycles. The van der Waals surface area contributed by atoms with Crippen LogP contribution in [0.15, 0.2) is 22.9 Å². The standard InChI is InChI=1S/C18H24N4O3/c1-13-5-4-6-19-16(13)11-21-7-9-22(10-8-21)18(23)17-15(12-24-3)14(2)25-20-17/h4-6H,7-12H2,1-3H3. The van der Waals surface area contributed by atoms with Crippen LogP contribution in [-0.4, -0.2) is 59.1 Å². The monoisotopic (exact) mass is 344 g/mol. The van der Waals surface area contributed by atoms with Crippen molar-refractivity contribution in [2.24, 2.45) is 0 Å². The number of ether oxygens (including phenoxy) is 1. The van der Waals surface area contributed by atoms with Crippen LogP contribution in [0.1, 0.15) is 33.1 Å². The third-order valence-electron chi connectivity index (χ3n) is 4.63. The molecule has 0 spiro atoms. The summed E-state index contributed by atoms with van der Waals surface area (Å²) in [6, 6.07) is 4.03. The Kier molecular flexibility index (Phi) is 5.45. The molecule has 0 N–H and O–H groups in total. The molecule has 134 valence electrons. The van der Waals surface area contributed by atoms with Gasteiger partial charge in [-0.3, -0.25) is 14.7 Å². The van der Waals surface area contributed by atoms with Gasteiger partial charge >= 0.3 is 0 Å². The number of aryl methyl sites for hydroxylation is 2. The molecule has 3 rings (SSSR count). The minimum atomic E-state index is -0.0856. The summed E-state index contributed by atoms with van der Waals surface area (Å²) in [5.41, 5.74) is 3.40. The molecule has 7 heteroatoms. The first-order chi connectivity index (χ1) is 12.1. The number of rotatable bonds is 5. The van der Waals surface area contributed by atoms with E-state index >= 15 is 0 Å². The lowest BCUT2D eigenvalue weighted by atomic mass is 10.1. The van der Waals surface area contributed by atoms with Crippen LogP contribution < -0.4 is 0 Å². The smallest absolute Gasteiger partial charge is 0.276 e. The van der Waals surface area contributed by atoms with Crippen LogP contribution in [-0.2, 0) is 17.9 Å². The molecule has 0 aromatic carbocycles. The fraction of sp³-hybridized carbons (Fsp3) is 0.500. The van der Waals surface area contributed by atoms with Crippen LogP contribution in [0, 0.1) is 13.8 Å². The van der Waals surface area contributed by atoms with E-state index in [4.69, 9.17) is 9.26 Å². The maximum absolute atomic E-state index is 12.7. The first-order valence-electron chi connectivity index (χ1n) is 8.46. The summed E-state index contributed by atoms with van der Waals surface area (Å²) < 4.78 is 10.3. The number of piperazine rings is 1. The average molecular weight is 344 g/mol. The first-order valence-corrected chi connectivity index (χ1v) is 8.46. The Morgan fingerprint density at radius 2 is 2.04 bits per heavy atom. The number of pyridine rings is 1. The second kappa shape index (κ2) is 7.76. The van der Waals surface area contributed by atoms with Gasteiger partial charge in [-0.25, -0.2) is 0 Å². The molecule has 2 aromatic heterocycles. The quantitative estimate of drug-likeness (QED) is 0.823. The van der Waals surface area contributed by atoms with Crippen molar-refractivity contribution in [2.75, 3.05) is 33.3 Å². The number of hydrogen-bond donors (Lipinski definition) is 0. The summed E-state index contributed by atoms with van der Waals surface area (Å²) in [6.07, 6.45) is 1.83. The Morgan fingerprint density at radius 1 is 1.28 bits per heavy atom. The number of nitrogens with zero attached hydrogens (tertiary/aromatic N) is 4. The number of amides is 1. The lowest BCUT2D eigenvalue weighted by Gasteiger charge is -2.34. The average Bonchev–Trinajstić information content (AvgIpc) is 2.98. The topological polar surface area (TPSA) is 71.7 Å². The normalized spacial score (nSPS) is 15.6. The van der Waals surface area contributed by atoms with Gasteiger partial charge in [0.25, 0.3) is 5.91 Å². The second-order valence-corrected chi connectivity index (χ2v) is 6.33. The highest BCUT2D eigenvalue weighted by Gasteiger charge is 2.27. The third kappa shape index (κ3) is 3.88. The molecule has 0 radical (unpaired) electrons. The number of methoxy groups -OCH3 is 1. The van der Waals surface area contributed by atoms with Gasteiger partial charge in [-0.2, -0.15) is 0 Å². The molecular weight excluding hydrogens is 320 g/mol. The summed E-state index contributed by atoms with van der Waals surface area (Å²) >= 11 is 0. The van der Waals surface area contributed by atoms with Gasteiger partial charge in [-0.1, -0.05) is 11.2 Å². The van der Waals surface area contributed by atoms with Crippen LogP contribution in [0.25, 0.3) is 0 Å². The first kappa shape index (κ1) is 17.6. The van der Waals surface area contributed by atoms with Crippen molar-refractivity contribution in [3.05, 3.63) is 46.6 Å². The number of hydrogen-bond acceptors (Lipinski definition) is 6. The Labute approximate surface area is 147 Å². The molecule has 1 aliphatic rings. The molecule has 0 unspecified atom stereocenters. The fourth-order valence-electron chi connectivity index (χ4n) is 3.03. The van der Waals surface area contributed by atoms with E-state index in [9.17, 15) is 4.79 Å². The lowest BCUT2D eigenvalue weighted by Crippen LogP contribution is -2.48. The minimum Gasteiger partial charge on any atom is -0.380 e. The predicted molar refractivity (Wildman–Crippen MR) is 92.1 cm³/mol. The molecule has 0 bridgehead atoms. The van der Waals surface area contributed by atoms with E-state index in [1.165, 1.54) is 5.56 Å². The maximum Gasteiger partial charge on any atom is 0.276 e. The molecule has 1 fully saturated rings. The molecule has 0 atom stereocenters. The van der Waals surface area contributed by atoms with Crippen molar-refractivity contribution in [1.29, 1.82) is 0 Å². The van der Waals surface area contributed by atoms with Crippen LogP contribution in [0.3, 0.4) is 0 Å². The summed E-state index contributed by atoms with van der Waals surface area (Å²) in [6.45, 7) is 7.99. The minimum absolute atomic E-state index is 0.0856. The molecule has 1 saturated heterocycles. The van der Waals surface area contributed by atoms with Crippen molar-refractivity contribution < 1.29 is 14.1 Å². The highest BCUT2D eigenvalue weighted by Crippen LogP contribution is 2.18. The van der Waals surface area contributed by atoms with Crippen molar-refractivity contribution >= 4 is 5.91 Å². The molecule has 25 heavy (non-hydrogen) atoms. The Hall–Kier alpha value is -2.25. The van der Waals surface area contributed by atoms with Crippen molar-refractivity contribution in [2.45, 2.75) is 27.0 Å². The molecule has 7 nitrogen and oxygen atoms in total. The van der Waals surface area contributed by atoms with Gasteiger partial charge in [0.2, 0.25) is 0 Å². The summed E-state index contributed by atoms with van der Waals surface area (Å²) in [7, 11) is 1.60. The highest BCUT2D eigenvalue weighted by atomic mass is 16.5. The van der Waals surface area contributed by atoms with Crippen molar-refractivity contribution in [3.63, 3.8) is 0 Å². The largest absolute Gasteiger partial charge is 0.380 e. The Morgan fingerprint density at radius 3 is 2.72 bits per heavy atom. The Bertz CT molecular complexity index is 736. The molecule has 1 amide bonds. The highest BCUT2D eigenvalue weighted by molar-refractivity contribution is 5.93. The van der Waals surface area contributed by atoms with E-state index in [1.807, 2.05) is 17.2 Å². The maximum atomic E-state index is 12.7. The number of carbonyl (C=O) groups excluding carboxylic acids is 1. The zero-order valence-corrected chi connectivity index (χ0v) is 15.0. The van der Waals surface area contributed by atoms with Gasteiger partial charge in [0.05, 0.1) is 17.9 Å². The number of aromatic nitrogens is 2. The van der Waals surface area contributed by atoms with Crippen molar-refractivity contribution in [1.82, 2.24) is 19.9 Å². The van der Waals surface area contributed by atoms with Gasteiger partial charge in [0.1, 0.15) is 5.76 Å². The van der Waals surface area contributed by atoms with Gasteiger partial charge in [0.15, 0.2) is 5.69 Å². The van der Waals surface area contributed by atoms with E-state index in [0.717, 1.165) is 30.9 Å². The molecule has 0 aliphatic carbocycles. The lowest BCUT2D eigenvalue weighted by molar-refractivity contribution is 0.0613. The molecular formula is C18H24N4O3. The van der Waals surface area contributed by atoms with Gasteiger partial charge < -0.3 is 14.2 Å². The molecule has 2 aromatic rings. The zero-order chi connectivity index (χ0) is 17.8.